The van der Waals surface area contributed by atoms with E-state index in [2.05, 4.69) is 0 Å². The maximum atomic E-state index is 6.01. The van der Waals surface area contributed by atoms with Gasteiger partial charge in [-0.1, -0.05) is 29.3 Å². The highest BCUT2D eigenvalue weighted by molar-refractivity contribution is 6.30. The van der Waals surface area contributed by atoms with Crippen LogP contribution in [0.15, 0.2) is 18.2 Å². The van der Waals surface area contributed by atoms with E-state index in [-0.39, 0.29) is 5.38 Å². The van der Waals surface area contributed by atoms with Gasteiger partial charge in [-0.2, -0.15) is 0 Å². The van der Waals surface area contributed by atoms with Crippen molar-refractivity contribution in [1.29, 1.82) is 0 Å². The third-order valence-corrected chi connectivity index (χ3v) is 2.87. The van der Waals surface area contributed by atoms with Gasteiger partial charge in [0.25, 0.3) is 0 Å². The Labute approximate surface area is 81.2 Å². The smallest absolute Gasteiger partial charge is 0.192 e. The van der Waals surface area contributed by atoms with E-state index >= 15 is 0 Å². The molecule has 0 saturated carbocycles. The van der Waals surface area contributed by atoms with E-state index in [9.17, 15) is 0 Å². The summed E-state index contributed by atoms with van der Waals surface area (Å²) in [7, 11) is 0. The maximum Gasteiger partial charge on any atom is 0.192 e. The first-order valence-corrected chi connectivity index (χ1v) is 4.61. The number of hydrogen-bond acceptors (Lipinski definition) is 1. The van der Waals surface area contributed by atoms with Crippen LogP contribution in [0.5, 0.6) is 5.75 Å². The fourth-order valence-corrected chi connectivity index (χ4v) is 1.77. The number of fused-ring (bicyclic) bond motifs is 1. The summed E-state index contributed by atoms with van der Waals surface area (Å²) in [5.74, 6) is 0.806. The molecule has 0 N–H and O–H groups in total. The van der Waals surface area contributed by atoms with Crippen molar-refractivity contribution in [3.8, 4) is 5.75 Å². The molecular weight excluding hydrogens is 195 g/mol. The third-order valence-electron chi connectivity index (χ3n) is 1.93. The van der Waals surface area contributed by atoms with Gasteiger partial charge in [0.2, 0.25) is 0 Å². The minimum atomic E-state index is -0.427. The first kappa shape index (κ1) is 8.21. The highest BCUT2D eigenvalue weighted by Crippen LogP contribution is 2.42. The Morgan fingerprint density at radius 2 is 2.08 bits per heavy atom. The summed E-state index contributed by atoms with van der Waals surface area (Å²) in [5.41, 5.74) is 1.74. The van der Waals surface area contributed by atoms with Gasteiger partial charge in [0, 0.05) is 5.56 Å². The van der Waals surface area contributed by atoms with E-state index in [0.717, 1.165) is 11.3 Å². The van der Waals surface area contributed by atoms with Gasteiger partial charge in [0.05, 0.1) is 0 Å². The number of aryl methyl sites for hydroxylation is 1. The van der Waals surface area contributed by atoms with Crippen LogP contribution in [-0.4, -0.2) is 5.56 Å². The predicted octanol–water partition coefficient (Wildman–Crippen LogP) is 3.23. The van der Waals surface area contributed by atoms with Crippen molar-refractivity contribution in [3.05, 3.63) is 29.3 Å². The fourth-order valence-electron chi connectivity index (χ4n) is 1.31. The Balaban J connectivity index is 2.48. The second-order valence-corrected chi connectivity index (χ2v) is 3.81. The number of hydrogen-bond donors (Lipinski definition) is 0. The van der Waals surface area contributed by atoms with Gasteiger partial charge < -0.3 is 4.74 Å². The van der Waals surface area contributed by atoms with E-state index in [1.165, 1.54) is 5.56 Å². The third kappa shape index (κ3) is 1.17. The van der Waals surface area contributed by atoms with Crippen LogP contribution in [0, 0.1) is 6.92 Å². The van der Waals surface area contributed by atoms with Crippen LogP contribution in [0.1, 0.15) is 16.5 Å². The lowest BCUT2D eigenvalue weighted by Gasteiger charge is -2.02. The van der Waals surface area contributed by atoms with Crippen LogP contribution in [0.4, 0.5) is 0 Å². The first-order chi connectivity index (χ1) is 5.68. The monoisotopic (exact) mass is 202 g/mol. The van der Waals surface area contributed by atoms with Gasteiger partial charge in [-0.3, -0.25) is 0 Å². The molecule has 64 valence electrons. The molecule has 1 aromatic rings. The second kappa shape index (κ2) is 2.82. The van der Waals surface area contributed by atoms with E-state index in [0.29, 0.717) is 0 Å². The molecule has 2 rings (SSSR count). The number of rotatable bonds is 0. The zero-order valence-electron chi connectivity index (χ0n) is 6.55. The molecule has 0 bridgehead atoms. The average molecular weight is 203 g/mol. The molecule has 1 nitrogen and oxygen atoms in total. The van der Waals surface area contributed by atoms with E-state index in [4.69, 9.17) is 27.9 Å². The SMILES string of the molecule is Cc1ccc2c(c1)C(Cl)C(Cl)O2. The molecule has 2 atom stereocenters. The molecule has 1 aliphatic heterocycles. The molecular formula is C9H8Cl2O. The largest absolute Gasteiger partial charge is 0.472 e. The number of halogens is 2. The molecule has 0 aliphatic carbocycles. The zero-order valence-corrected chi connectivity index (χ0v) is 8.06. The van der Waals surface area contributed by atoms with Crippen molar-refractivity contribution in [2.45, 2.75) is 17.9 Å². The van der Waals surface area contributed by atoms with Crippen LogP contribution >= 0.6 is 23.2 Å². The summed E-state index contributed by atoms with van der Waals surface area (Å²) in [5, 5.41) is -0.221. The van der Waals surface area contributed by atoms with Gasteiger partial charge in [0.1, 0.15) is 11.1 Å². The van der Waals surface area contributed by atoms with Gasteiger partial charge in [-0.15, -0.1) is 11.6 Å². The highest BCUT2D eigenvalue weighted by atomic mass is 35.5. The Kier molecular flexibility index (Phi) is 1.93. The van der Waals surface area contributed by atoms with E-state index in [1.807, 2.05) is 25.1 Å². The van der Waals surface area contributed by atoms with Gasteiger partial charge in [-0.05, 0) is 13.0 Å². The van der Waals surface area contributed by atoms with Crippen molar-refractivity contribution < 1.29 is 4.74 Å². The van der Waals surface area contributed by atoms with Crippen LogP contribution in [0.2, 0.25) is 0 Å². The Bertz CT molecular complexity index is 311. The molecule has 2 unspecified atom stereocenters. The lowest BCUT2D eigenvalue weighted by atomic mass is 10.1. The summed E-state index contributed by atoms with van der Waals surface area (Å²) >= 11 is 11.8. The maximum absolute atomic E-state index is 6.01. The summed E-state index contributed by atoms with van der Waals surface area (Å²) in [6.45, 7) is 2.02. The minimum Gasteiger partial charge on any atom is -0.472 e. The summed E-state index contributed by atoms with van der Waals surface area (Å²) in [4.78, 5) is 0. The normalized spacial score (nSPS) is 26.6. The molecule has 1 aromatic carbocycles. The standard InChI is InChI=1S/C9H8Cl2O/c1-5-2-3-7-6(4-5)8(10)9(11)12-7/h2-4,8-9H,1H3. The Morgan fingerprint density at radius 1 is 1.33 bits per heavy atom. The summed E-state index contributed by atoms with van der Waals surface area (Å²) < 4.78 is 5.31. The zero-order chi connectivity index (χ0) is 8.72. The number of ether oxygens (including phenoxy) is 1. The topological polar surface area (TPSA) is 9.23 Å². The van der Waals surface area contributed by atoms with Crippen molar-refractivity contribution in [3.63, 3.8) is 0 Å². The van der Waals surface area contributed by atoms with Gasteiger partial charge in [0.15, 0.2) is 5.56 Å². The van der Waals surface area contributed by atoms with E-state index < -0.39 is 5.56 Å². The summed E-state index contributed by atoms with van der Waals surface area (Å²) in [6.07, 6.45) is 0. The molecule has 0 saturated heterocycles. The molecule has 0 fully saturated rings. The Hall–Kier alpha value is -0.400. The van der Waals surface area contributed by atoms with Crippen LogP contribution in [0.3, 0.4) is 0 Å². The molecule has 0 radical (unpaired) electrons. The first-order valence-electron chi connectivity index (χ1n) is 3.74. The second-order valence-electron chi connectivity index (χ2n) is 2.91. The molecule has 0 spiro atoms. The molecule has 3 heteroatoms. The van der Waals surface area contributed by atoms with Gasteiger partial charge in [-0.25, -0.2) is 0 Å². The predicted molar refractivity (Wildman–Crippen MR) is 50.0 cm³/mol. The minimum absolute atomic E-state index is 0.221. The van der Waals surface area contributed by atoms with Crippen molar-refractivity contribution in [1.82, 2.24) is 0 Å². The lowest BCUT2D eigenvalue weighted by molar-refractivity contribution is 0.312. The van der Waals surface area contributed by atoms with Crippen molar-refractivity contribution in [2.75, 3.05) is 0 Å². The average Bonchev–Trinajstić information content (AvgIpc) is 2.31. The van der Waals surface area contributed by atoms with Gasteiger partial charge >= 0.3 is 0 Å². The Morgan fingerprint density at radius 3 is 2.83 bits per heavy atom. The molecule has 12 heavy (non-hydrogen) atoms. The van der Waals surface area contributed by atoms with Crippen molar-refractivity contribution in [2.24, 2.45) is 0 Å². The van der Waals surface area contributed by atoms with Crippen molar-refractivity contribution >= 4 is 23.2 Å². The fraction of sp³-hybridized carbons (Fsp3) is 0.333. The quantitative estimate of drug-likeness (QED) is 0.588. The van der Waals surface area contributed by atoms with E-state index in [1.54, 1.807) is 0 Å². The van der Waals surface area contributed by atoms with Crippen LogP contribution in [-0.2, 0) is 0 Å². The molecule has 1 heterocycles. The highest BCUT2D eigenvalue weighted by Gasteiger charge is 2.30. The van der Waals surface area contributed by atoms with Crippen LogP contribution in [0.25, 0.3) is 0 Å². The number of alkyl halides is 2. The lowest BCUT2D eigenvalue weighted by Crippen LogP contribution is -2.04. The molecule has 0 amide bonds. The molecule has 1 aliphatic rings. The summed E-state index contributed by atoms with van der Waals surface area (Å²) in [6, 6.07) is 5.90. The number of benzene rings is 1. The van der Waals surface area contributed by atoms with Crippen LogP contribution < -0.4 is 4.74 Å². The molecule has 0 aromatic heterocycles.